The number of aromatic hydroxyl groups is 1. The quantitative estimate of drug-likeness (QED) is 0.419. The minimum atomic E-state index is -0.236. The van der Waals surface area contributed by atoms with Gasteiger partial charge in [0.15, 0.2) is 0 Å². The molecule has 5 rings (SSSR count). The van der Waals surface area contributed by atoms with Gasteiger partial charge in [-0.25, -0.2) is 5.01 Å². The third-order valence-corrected chi connectivity index (χ3v) is 6.89. The average Bonchev–Trinajstić information content (AvgIpc) is 3.48. The van der Waals surface area contributed by atoms with E-state index in [9.17, 15) is 5.11 Å². The smallest absolute Gasteiger partial charge is 0.140 e. The fraction of sp³-hybridized carbons (Fsp3) is 0.0833. The Bertz CT molecular complexity index is 1320. The Kier molecular flexibility index (Phi) is 5.38. The molecule has 0 spiro atoms. The molecule has 1 unspecified atom stereocenters. The Morgan fingerprint density at radius 1 is 1.09 bits per heavy atom. The van der Waals surface area contributed by atoms with Crippen molar-refractivity contribution in [2.45, 2.75) is 12.5 Å². The largest absolute Gasteiger partial charge is 0.508 e. The number of phenols is 1. The van der Waals surface area contributed by atoms with Crippen LogP contribution in [0.3, 0.4) is 0 Å². The number of hydrogen-bond acceptors (Lipinski definition) is 7. The lowest BCUT2D eigenvalue weighted by Crippen LogP contribution is -2.25. The molecule has 8 heteroatoms. The predicted octanol–water partition coefficient (Wildman–Crippen LogP) is 5.02. The Hall–Kier alpha value is -3.62. The molecule has 4 heterocycles. The van der Waals surface area contributed by atoms with Gasteiger partial charge in [0.05, 0.1) is 32.9 Å². The second-order valence-electron chi connectivity index (χ2n) is 7.36. The van der Waals surface area contributed by atoms with Crippen LogP contribution in [0.4, 0.5) is 5.69 Å². The van der Waals surface area contributed by atoms with Gasteiger partial charge in [-0.15, -0.1) is 11.3 Å². The number of rotatable bonds is 4. The van der Waals surface area contributed by atoms with Crippen LogP contribution in [0.5, 0.6) is 5.75 Å². The first kappa shape index (κ1) is 20.3. The number of hydrogen-bond donors (Lipinski definition) is 2. The van der Waals surface area contributed by atoms with E-state index >= 15 is 0 Å². The first-order chi connectivity index (χ1) is 15.6. The number of nitrogen functional groups attached to an aromatic ring is 1. The summed E-state index contributed by atoms with van der Waals surface area (Å²) in [5.41, 5.74) is 9.85. The maximum Gasteiger partial charge on any atom is 0.140 e. The Morgan fingerprint density at radius 2 is 1.94 bits per heavy atom. The van der Waals surface area contributed by atoms with Crippen LogP contribution in [0, 0.1) is 0 Å². The second-order valence-corrected chi connectivity index (χ2v) is 8.83. The summed E-state index contributed by atoms with van der Waals surface area (Å²) >= 11 is 7.45. The second kappa shape index (κ2) is 8.49. The van der Waals surface area contributed by atoms with Gasteiger partial charge < -0.3 is 10.8 Å². The molecule has 4 aromatic rings. The minimum Gasteiger partial charge on any atom is -0.508 e. The van der Waals surface area contributed by atoms with Crippen molar-refractivity contribution in [2.24, 2.45) is 5.10 Å². The van der Waals surface area contributed by atoms with Crippen LogP contribution >= 0.6 is 23.6 Å². The molecule has 3 aromatic heterocycles. The van der Waals surface area contributed by atoms with Gasteiger partial charge in [-0.2, -0.15) is 5.10 Å². The number of thiocarbonyl (C=S) groups is 1. The zero-order valence-electron chi connectivity index (χ0n) is 16.9. The fourth-order valence-corrected chi connectivity index (χ4v) is 4.99. The molecule has 3 N–H and O–H groups in total. The van der Waals surface area contributed by atoms with E-state index in [1.54, 1.807) is 42.1 Å². The van der Waals surface area contributed by atoms with Gasteiger partial charge >= 0.3 is 0 Å². The highest BCUT2D eigenvalue weighted by Gasteiger charge is 2.34. The van der Waals surface area contributed by atoms with Crippen LogP contribution in [0.15, 0.2) is 84.4 Å². The number of nitrogens with two attached hydrogens (primary N) is 1. The molecule has 0 bridgehead atoms. The summed E-state index contributed by atoms with van der Waals surface area (Å²) in [4.78, 5) is 11.2. The van der Waals surface area contributed by atoms with Crippen molar-refractivity contribution in [3.8, 4) is 16.3 Å². The third kappa shape index (κ3) is 3.86. The summed E-state index contributed by atoms with van der Waals surface area (Å²) in [6.07, 6.45) is 5.69. The molecule has 0 fully saturated rings. The molecule has 1 aliphatic rings. The molecule has 158 valence electrons. The van der Waals surface area contributed by atoms with E-state index in [0.29, 0.717) is 17.1 Å². The predicted molar refractivity (Wildman–Crippen MR) is 132 cm³/mol. The van der Waals surface area contributed by atoms with E-state index in [2.05, 4.69) is 9.97 Å². The van der Waals surface area contributed by atoms with Gasteiger partial charge in [0.1, 0.15) is 10.7 Å². The molecule has 32 heavy (non-hydrogen) atoms. The fourth-order valence-electron chi connectivity index (χ4n) is 3.71. The number of aromatic nitrogens is 2. The molecule has 0 radical (unpaired) electrons. The van der Waals surface area contributed by atoms with Crippen LogP contribution < -0.4 is 5.73 Å². The molecule has 0 amide bonds. The summed E-state index contributed by atoms with van der Waals surface area (Å²) in [6.45, 7) is 0. The monoisotopic (exact) mass is 457 g/mol. The van der Waals surface area contributed by atoms with E-state index in [4.69, 9.17) is 23.1 Å². The summed E-state index contributed by atoms with van der Waals surface area (Å²) < 4.78 is 0. The molecule has 1 aliphatic heterocycles. The van der Waals surface area contributed by atoms with Gasteiger partial charge in [-0.3, -0.25) is 9.97 Å². The van der Waals surface area contributed by atoms with Crippen LogP contribution in [0.1, 0.15) is 28.5 Å². The standard InChI is InChI=1S/C24H19N5OS2/c25-16-11-15(13-26-14-16)19-12-20(17-5-1-2-7-21(17)30)29(28-19)24(31)23-9-8-22(32-23)18-6-3-4-10-27-18/h1-11,13-14,20,30H,12,25H2. The maximum absolute atomic E-state index is 10.5. The number of benzene rings is 1. The Morgan fingerprint density at radius 3 is 2.72 bits per heavy atom. The molecular weight excluding hydrogens is 438 g/mol. The number of phenolic OH excluding ortho intramolecular Hbond substituents is 1. The molecule has 1 atom stereocenters. The van der Waals surface area contributed by atoms with Gasteiger partial charge in [-0.1, -0.05) is 36.5 Å². The molecule has 1 aromatic carbocycles. The van der Waals surface area contributed by atoms with E-state index in [1.165, 1.54) is 0 Å². The number of nitrogens with zero attached hydrogens (tertiary/aromatic N) is 4. The highest BCUT2D eigenvalue weighted by molar-refractivity contribution is 7.81. The zero-order chi connectivity index (χ0) is 22.1. The summed E-state index contributed by atoms with van der Waals surface area (Å²) in [5.74, 6) is 0.216. The first-order valence-corrected chi connectivity index (χ1v) is 11.2. The highest BCUT2D eigenvalue weighted by Crippen LogP contribution is 2.39. The number of anilines is 1. The normalized spacial score (nSPS) is 15.6. The maximum atomic E-state index is 10.5. The van der Waals surface area contributed by atoms with Crippen molar-refractivity contribution in [1.82, 2.24) is 15.0 Å². The van der Waals surface area contributed by atoms with E-state index in [-0.39, 0.29) is 11.8 Å². The van der Waals surface area contributed by atoms with Gasteiger partial charge in [0.25, 0.3) is 0 Å². The minimum absolute atomic E-state index is 0.216. The van der Waals surface area contributed by atoms with Crippen LogP contribution in [0.25, 0.3) is 10.6 Å². The Balaban J connectivity index is 1.53. The van der Waals surface area contributed by atoms with Crippen molar-refractivity contribution >= 4 is 39.9 Å². The number of hydrazone groups is 1. The van der Waals surface area contributed by atoms with Gasteiger partial charge in [-0.05, 0) is 36.4 Å². The number of para-hydroxylation sites is 1. The Labute approximate surface area is 194 Å². The molecule has 0 saturated carbocycles. The summed E-state index contributed by atoms with van der Waals surface area (Å²) in [5, 5.41) is 17.2. The van der Waals surface area contributed by atoms with Crippen LogP contribution in [-0.4, -0.2) is 30.8 Å². The van der Waals surface area contributed by atoms with E-state index in [0.717, 1.165) is 32.3 Å². The number of pyridine rings is 2. The van der Waals surface area contributed by atoms with E-state index in [1.807, 2.05) is 53.5 Å². The van der Waals surface area contributed by atoms with Crippen molar-refractivity contribution < 1.29 is 5.11 Å². The van der Waals surface area contributed by atoms with Crippen molar-refractivity contribution in [1.29, 1.82) is 0 Å². The van der Waals surface area contributed by atoms with Crippen molar-refractivity contribution in [3.05, 3.63) is 95.3 Å². The van der Waals surface area contributed by atoms with Gasteiger partial charge in [0.2, 0.25) is 0 Å². The molecule has 0 saturated heterocycles. The van der Waals surface area contributed by atoms with Crippen LogP contribution in [0.2, 0.25) is 0 Å². The van der Waals surface area contributed by atoms with Crippen molar-refractivity contribution in [2.75, 3.05) is 5.73 Å². The lowest BCUT2D eigenvalue weighted by molar-refractivity contribution is 0.361. The van der Waals surface area contributed by atoms with E-state index < -0.39 is 0 Å². The third-order valence-electron chi connectivity index (χ3n) is 5.24. The van der Waals surface area contributed by atoms with Crippen molar-refractivity contribution in [3.63, 3.8) is 0 Å². The molecule has 0 aliphatic carbocycles. The molecule has 6 nitrogen and oxygen atoms in total. The average molecular weight is 458 g/mol. The molecular formula is C24H19N5OS2. The highest BCUT2D eigenvalue weighted by atomic mass is 32.1. The first-order valence-electron chi connectivity index (χ1n) is 10.0. The zero-order valence-corrected chi connectivity index (χ0v) is 18.6. The summed E-state index contributed by atoms with van der Waals surface area (Å²) in [6, 6.07) is 18.8. The summed E-state index contributed by atoms with van der Waals surface area (Å²) in [7, 11) is 0. The van der Waals surface area contributed by atoms with Gasteiger partial charge in [0, 0.05) is 36.1 Å². The lowest BCUT2D eigenvalue weighted by atomic mass is 9.98. The number of thiophene rings is 1. The topological polar surface area (TPSA) is 87.6 Å². The lowest BCUT2D eigenvalue weighted by Gasteiger charge is -2.24. The van der Waals surface area contributed by atoms with Crippen LogP contribution in [-0.2, 0) is 0 Å². The SMILES string of the molecule is Nc1cncc(C2=NN(C(=S)c3ccc(-c4ccccn4)s3)C(c3ccccc3O)C2)c1.